The van der Waals surface area contributed by atoms with Crippen molar-refractivity contribution in [3.63, 3.8) is 0 Å². The van der Waals surface area contributed by atoms with E-state index in [1.54, 1.807) is 0 Å². The minimum Gasteiger partial charge on any atom is -0.310 e. The van der Waals surface area contributed by atoms with Crippen molar-refractivity contribution in [2.45, 2.75) is 52.5 Å². The fraction of sp³-hybridized carbons (Fsp3) is 0.625. The number of nitrogens with one attached hydrogen (secondary N) is 2. The molecule has 0 heterocycles. The van der Waals surface area contributed by atoms with Gasteiger partial charge < -0.3 is 5.32 Å². The zero-order chi connectivity index (χ0) is 15.9. The van der Waals surface area contributed by atoms with Crippen molar-refractivity contribution in [3.05, 3.63) is 35.4 Å². The zero-order valence-corrected chi connectivity index (χ0v) is 14.3. The van der Waals surface area contributed by atoms with Gasteiger partial charge in [0.15, 0.2) is 0 Å². The summed E-state index contributed by atoms with van der Waals surface area (Å²) in [7, 11) is -3.23. The van der Waals surface area contributed by atoms with Gasteiger partial charge >= 0.3 is 0 Å². The van der Waals surface area contributed by atoms with Crippen molar-refractivity contribution in [2.24, 2.45) is 5.92 Å². The predicted octanol–water partition coefficient (Wildman–Crippen LogP) is 2.65. The molecule has 4 nitrogen and oxygen atoms in total. The summed E-state index contributed by atoms with van der Waals surface area (Å²) in [4.78, 5) is 0. The average molecular weight is 312 g/mol. The fourth-order valence-electron chi connectivity index (χ4n) is 1.85. The lowest BCUT2D eigenvalue weighted by atomic mass is 10.1. The van der Waals surface area contributed by atoms with E-state index in [4.69, 9.17) is 0 Å². The summed E-state index contributed by atoms with van der Waals surface area (Å²) in [6.45, 7) is 9.68. The van der Waals surface area contributed by atoms with Crippen molar-refractivity contribution in [2.75, 3.05) is 6.54 Å². The Balaban J connectivity index is 2.50. The molecule has 0 atom stereocenters. The molecular weight excluding hydrogens is 284 g/mol. The van der Waals surface area contributed by atoms with E-state index in [9.17, 15) is 8.42 Å². The normalized spacial score (nSPS) is 12.3. The molecule has 0 saturated carbocycles. The van der Waals surface area contributed by atoms with Crippen LogP contribution in [0.4, 0.5) is 0 Å². The Morgan fingerprint density at radius 2 is 1.57 bits per heavy atom. The molecule has 0 unspecified atom stereocenters. The van der Waals surface area contributed by atoms with Crippen molar-refractivity contribution in [1.29, 1.82) is 0 Å². The highest BCUT2D eigenvalue weighted by atomic mass is 32.2. The van der Waals surface area contributed by atoms with Crippen LogP contribution in [0.5, 0.6) is 0 Å². The third-order valence-electron chi connectivity index (χ3n) is 3.14. The van der Waals surface area contributed by atoms with Gasteiger partial charge in [-0.15, -0.1) is 0 Å². The molecule has 1 aromatic rings. The molecule has 0 saturated heterocycles. The molecule has 0 spiro atoms. The highest BCUT2D eigenvalue weighted by molar-refractivity contribution is 7.88. The Morgan fingerprint density at radius 3 is 2.10 bits per heavy atom. The Labute approximate surface area is 129 Å². The van der Waals surface area contributed by atoms with Crippen LogP contribution in [-0.2, 0) is 22.3 Å². The summed E-state index contributed by atoms with van der Waals surface area (Å²) in [5.74, 6) is 0.545. The van der Waals surface area contributed by atoms with Gasteiger partial charge in [0.2, 0.25) is 10.0 Å². The van der Waals surface area contributed by atoms with E-state index in [2.05, 4.69) is 37.7 Å². The van der Waals surface area contributed by atoms with Crippen molar-refractivity contribution in [1.82, 2.24) is 10.0 Å². The van der Waals surface area contributed by atoms with Gasteiger partial charge in [-0.25, -0.2) is 13.1 Å². The third-order valence-corrected chi connectivity index (χ3v) is 4.50. The number of rotatable bonds is 9. The molecule has 0 bridgehead atoms. The first-order valence-corrected chi connectivity index (χ1v) is 9.22. The Hall–Kier alpha value is -0.910. The largest absolute Gasteiger partial charge is 0.310 e. The lowest BCUT2D eigenvalue weighted by Crippen LogP contribution is -2.27. The first-order valence-electron chi connectivity index (χ1n) is 7.57. The van der Waals surface area contributed by atoms with E-state index >= 15 is 0 Å². The molecule has 1 rings (SSSR count). The van der Waals surface area contributed by atoms with E-state index in [1.165, 1.54) is 0 Å². The fourth-order valence-corrected chi connectivity index (χ4v) is 3.01. The topological polar surface area (TPSA) is 58.2 Å². The number of benzene rings is 1. The molecule has 21 heavy (non-hydrogen) atoms. The van der Waals surface area contributed by atoms with Crippen molar-refractivity contribution < 1.29 is 8.42 Å². The molecule has 0 aromatic heterocycles. The van der Waals surface area contributed by atoms with E-state index in [0.717, 1.165) is 24.1 Å². The van der Waals surface area contributed by atoms with E-state index in [-0.39, 0.29) is 5.75 Å². The summed E-state index contributed by atoms with van der Waals surface area (Å²) >= 11 is 0. The van der Waals surface area contributed by atoms with Gasteiger partial charge in [0.1, 0.15) is 0 Å². The van der Waals surface area contributed by atoms with Crippen LogP contribution in [0.2, 0.25) is 0 Å². The molecule has 0 aliphatic rings. The maximum Gasteiger partial charge on any atom is 0.215 e. The molecule has 5 heteroatoms. The Bertz CT molecular complexity index is 508. The van der Waals surface area contributed by atoms with Gasteiger partial charge in [-0.1, -0.05) is 52.0 Å². The Kier molecular flexibility index (Phi) is 7.35. The maximum atomic E-state index is 12.0. The summed E-state index contributed by atoms with van der Waals surface area (Å²) in [6.07, 6.45) is 0.860. The second-order valence-electron chi connectivity index (χ2n) is 6.19. The molecule has 1 aromatic carbocycles. The summed E-state index contributed by atoms with van der Waals surface area (Å²) in [5, 5.41) is 3.34. The lowest BCUT2D eigenvalue weighted by molar-refractivity contribution is 0.551. The van der Waals surface area contributed by atoms with Gasteiger partial charge in [-0.05, 0) is 23.5 Å². The van der Waals surface area contributed by atoms with Crippen molar-refractivity contribution >= 4 is 10.0 Å². The van der Waals surface area contributed by atoms with Crippen molar-refractivity contribution in [3.8, 4) is 0 Å². The second-order valence-corrected chi connectivity index (χ2v) is 7.99. The van der Waals surface area contributed by atoms with Crippen LogP contribution in [0.3, 0.4) is 0 Å². The number of sulfonamides is 1. The first-order chi connectivity index (χ1) is 9.78. The molecule has 120 valence electrons. The number of hydrogen-bond acceptors (Lipinski definition) is 3. The molecule has 0 aliphatic heterocycles. The quantitative estimate of drug-likeness (QED) is 0.737. The SMILES string of the molecule is CC(C)CCNS(=O)(=O)Cc1ccc(CNC(C)C)cc1. The Morgan fingerprint density at radius 1 is 1.00 bits per heavy atom. The van der Waals surface area contributed by atoms with Gasteiger partial charge in [0.25, 0.3) is 0 Å². The first kappa shape index (κ1) is 18.1. The van der Waals surface area contributed by atoms with E-state index in [0.29, 0.717) is 18.5 Å². The highest BCUT2D eigenvalue weighted by Crippen LogP contribution is 2.08. The standard InChI is InChI=1S/C16H28N2O2S/c1-13(2)9-10-18-21(19,20)12-16-7-5-15(6-8-16)11-17-14(3)4/h5-8,13-14,17-18H,9-12H2,1-4H3. The molecule has 2 N–H and O–H groups in total. The molecule has 0 radical (unpaired) electrons. The predicted molar refractivity (Wildman–Crippen MR) is 88.5 cm³/mol. The second kappa shape index (κ2) is 8.51. The molecule has 0 aliphatic carbocycles. The summed E-state index contributed by atoms with van der Waals surface area (Å²) < 4.78 is 26.6. The molecular formula is C16H28N2O2S. The minimum absolute atomic E-state index is 0.0446. The van der Waals surface area contributed by atoms with E-state index < -0.39 is 10.0 Å². The maximum absolute atomic E-state index is 12.0. The van der Waals surface area contributed by atoms with Crippen LogP contribution in [-0.4, -0.2) is 21.0 Å². The van der Waals surface area contributed by atoms with E-state index in [1.807, 2.05) is 24.3 Å². The summed E-state index contributed by atoms with van der Waals surface area (Å²) in [6, 6.07) is 8.18. The zero-order valence-electron chi connectivity index (χ0n) is 13.5. The average Bonchev–Trinajstić information content (AvgIpc) is 2.36. The third kappa shape index (κ3) is 8.19. The molecule has 0 amide bonds. The van der Waals surface area contributed by atoms with Gasteiger partial charge in [-0.3, -0.25) is 0 Å². The lowest BCUT2D eigenvalue weighted by Gasteiger charge is -2.10. The van der Waals surface area contributed by atoms with Crippen LogP contribution < -0.4 is 10.0 Å². The molecule has 0 fully saturated rings. The minimum atomic E-state index is -3.23. The van der Waals surface area contributed by atoms with Crippen LogP contribution in [0.1, 0.15) is 45.2 Å². The van der Waals surface area contributed by atoms with Crippen LogP contribution >= 0.6 is 0 Å². The summed E-state index contributed by atoms with van der Waals surface area (Å²) in [5.41, 5.74) is 1.98. The van der Waals surface area contributed by atoms with Gasteiger partial charge in [-0.2, -0.15) is 0 Å². The van der Waals surface area contributed by atoms with Gasteiger partial charge in [0.05, 0.1) is 5.75 Å². The monoisotopic (exact) mass is 312 g/mol. The number of hydrogen-bond donors (Lipinski definition) is 2. The van der Waals surface area contributed by atoms with Gasteiger partial charge in [0, 0.05) is 19.1 Å². The highest BCUT2D eigenvalue weighted by Gasteiger charge is 2.11. The van der Waals surface area contributed by atoms with Crippen LogP contribution in [0.15, 0.2) is 24.3 Å². The van der Waals surface area contributed by atoms with Crippen LogP contribution in [0, 0.1) is 5.92 Å². The van der Waals surface area contributed by atoms with Crippen LogP contribution in [0.25, 0.3) is 0 Å². The smallest absolute Gasteiger partial charge is 0.215 e.